The molecule has 0 aromatic heterocycles. The molecule has 0 unspecified atom stereocenters. The number of benzene rings is 3. The highest BCUT2D eigenvalue weighted by Crippen LogP contribution is 2.27. The molecule has 0 atom stereocenters. The second kappa shape index (κ2) is 7.44. The molecule has 0 radical (unpaired) electrons. The largest absolute Gasteiger partial charge is 0.488 e. The molecule has 3 aromatic rings. The maximum atomic E-state index is 13.8. The van der Waals surface area contributed by atoms with Crippen LogP contribution in [0.4, 0.5) is 4.39 Å². The Morgan fingerprint density at radius 1 is 1.00 bits per heavy atom. The maximum absolute atomic E-state index is 13.8. The molecular weight excluding hydrogens is 319 g/mol. The monoisotopic (exact) mass is 336 g/mol. The Balaban J connectivity index is 1.97. The highest BCUT2D eigenvalue weighted by Gasteiger charge is 2.09. The predicted molar refractivity (Wildman–Crippen MR) is 98.1 cm³/mol. The van der Waals surface area contributed by atoms with Crippen LogP contribution in [0.3, 0.4) is 0 Å². The number of fused-ring (bicyclic) bond motifs is 1. The van der Waals surface area contributed by atoms with Crippen molar-refractivity contribution in [3.63, 3.8) is 0 Å². The minimum absolute atomic E-state index is 0.105. The van der Waals surface area contributed by atoms with Crippen LogP contribution < -0.4 is 16.2 Å². The summed E-state index contributed by atoms with van der Waals surface area (Å²) in [6, 6.07) is 18.0. The van der Waals surface area contributed by atoms with E-state index in [2.05, 4.69) is 10.2 Å². The number of hydrogen-bond donors (Lipinski definition) is 2. The predicted octanol–water partition coefficient (Wildman–Crippen LogP) is 3.17. The number of rotatable bonds is 5. The van der Waals surface area contributed by atoms with Crippen LogP contribution in [-0.2, 0) is 6.61 Å². The van der Waals surface area contributed by atoms with Crippen LogP contribution in [-0.4, -0.2) is 12.2 Å². The van der Waals surface area contributed by atoms with Gasteiger partial charge in [-0.1, -0.05) is 48.5 Å². The fourth-order valence-corrected chi connectivity index (χ4v) is 2.46. The summed E-state index contributed by atoms with van der Waals surface area (Å²) >= 11 is 0. The molecule has 3 aromatic carbocycles. The number of halogens is 1. The van der Waals surface area contributed by atoms with E-state index in [0.29, 0.717) is 11.3 Å². The lowest BCUT2D eigenvalue weighted by molar-refractivity contribution is 0.300. The third-order valence-corrected chi connectivity index (χ3v) is 3.63. The van der Waals surface area contributed by atoms with Crippen molar-refractivity contribution in [1.82, 2.24) is 0 Å². The average molecular weight is 336 g/mol. The molecule has 0 saturated heterocycles. The van der Waals surface area contributed by atoms with Gasteiger partial charge in [-0.15, -0.1) is 5.10 Å². The van der Waals surface area contributed by atoms with Crippen LogP contribution >= 0.6 is 0 Å². The Kier molecular flexibility index (Phi) is 4.89. The van der Waals surface area contributed by atoms with E-state index in [1.54, 1.807) is 18.2 Å². The van der Waals surface area contributed by atoms with E-state index in [4.69, 9.17) is 16.2 Å². The Hall–Kier alpha value is -3.41. The van der Waals surface area contributed by atoms with Gasteiger partial charge in [0.2, 0.25) is 5.96 Å². The fraction of sp³-hybridized carbons (Fsp3) is 0.0526. The van der Waals surface area contributed by atoms with Gasteiger partial charge in [-0.3, -0.25) is 0 Å². The molecule has 0 saturated carbocycles. The molecule has 0 heterocycles. The van der Waals surface area contributed by atoms with Crippen molar-refractivity contribution in [1.29, 1.82) is 0 Å². The van der Waals surface area contributed by atoms with E-state index >= 15 is 0 Å². The summed E-state index contributed by atoms with van der Waals surface area (Å²) in [5.74, 6) is 0.126. The van der Waals surface area contributed by atoms with Gasteiger partial charge in [0.25, 0.3) is 0 Å². The van der Waals surface area contributed by atoms with Gasteiger partial charge < -0.3 is 16.2 Å². The SMILES string of the molecule is NC(N)=NN=Cc1c(OCc2ccccc2F)ccc2ccccc12. The Labute approximate surface area is 144 Å². The molecule has 0 bridgehead atoms. The molecule has 5 nitrogen and oxygen atoms in total. The molecule has 0 amide bonds. The third-order valence-electron chi connectivity index (χ3n) is 3.63. The molecule has 0 spiro atoms. The van der Waals surface area contributed by atoms with Crippen molar-refractivity contribution >= 4 is 22.9 Å². The molecule has 0 aliphatic heterocycles. The van der Waals surface area contributed by atoms with Crippen LogP contribution in [0.25, 0.3) is 10.8 Å². The Bertz CT molecular complexity index is 949. The molecule has 4 N–H and O–H groups in total. The molecule has 126 valence electrons. The van der Waals surface area contributed by atoms with E-state index in [1.807, 2.05) is 36.4 Å². The van der Waals surface area contributed by atoms with Crippen molar-refractivity contribution in [2.45, 2.75) is 6.61 Å². The van der Waals surface area contributed by atoms with Crippen molar-refractivity contribution in [3.05, 3.63) is 77.6 Å². The number of guanidine groups is 1. The standard InChI is InChI=1S/C19H17FN4O/c20-17-8-4-2-6-14(17)12-25-18-10-9-13-5-1-3-7-15(13)16(18)11-23-24-19(21)22/h1-11H,12H2,(H4,21,22,24). The zero-order valence-corrected chi connectivity index (χ0v) is 13.4. The Morgan fingerprint density at radius 3 is 2.56 bits per heavy atom. The quantitative estimate of drug-likeness (QED) is 0.426. The van der Waals surface area contributed by atoms with Gasteiger partial charge in [0.1, 0.15) is 18.2 Å². The number of hydrogen-bond acceptors (Lipinski definition) is 3. The van der Waals surface area contributed by atoms with Gasteiger partial charge >= 0.3 is 0 Å². The molecule has 0 aliphatic carbocycles. The smallest absolute Gasteiger partial charge is 0.211 e. The van der Waals surface area contributed by atoms with Crippen molar-refractivity contribution in [2.24, 2.45) is 21.7 Å². The average Bonchev–Trinajstić information content (AvgIpc) is 2.61. The third kappa shape index (κ3) is 3.92. The number of nitrogens with two attached hydrogens (primary N) is 2. The lowest BCUT2D eigenvalue weighted by atomic mass is 10.0. The van der Waals surface area contributed by atoms with Gasteiger partial charge in [-0.05, 0) is 22.9 Å². The first-order valence-electron chi connectivity index (χ1n) is 7.65. The first-order chi connectivity index (χ1) is 12.1. The summed E-state index contributed by atoms with van der Waals surface area (Å²) in [4.78, 5) is 0. The van der Waals surface area contributed by atoms with Gasteiger partial charge in [0.05, 0.1) is 6.21 Å². The molecule has 0 fully saturated rings. The maximum Gasteiger partial charge on any atom is 0.211 e. The summed E-state index contributed by atoms with van der Waals surface area (Å²) in [7, 11) is 0. The summed E-state index contributed by atoms with van der Waals surface area (Å²) in [6.45, 7) is 0.105. The lowest BCUT2D eigenvalue weighted by Crippen LogP contribution is -2.21. The van der Waals surface area contributed by atoms with Crippen molar-refractivity contribution in [2.75, 3.05) is 0 Å². The first-order valence-corrected chi connectivity index (χ1v) is 7.65. The van der Waals surface area contributed by atoms with Gasteiger partial charge in [-0.2, -0.15) is 5.10 Å². The van der Waals surface area contributed by atoms with Crippen LogP contribution in [0.1, 0.15) is 11.1 Å². The van der Waals surface area contributed by atoms with E-state index in [0.717, 1.165) is 16.3 Å². The topological polar surface area (TPSA) is 86.0 Å². The second-order valence-corrected chi connectivity index (χ2v) is 5.35. The fourth-order valence-electron chi connectivity index (χ4n) is 2.46. The summed E-state index contributed by atoms with van der Waals surface area (Å²) in [6.07, 6.45) is 1.53. The normalized spacial score (nSPS) is 10.9. The zero-order chi connectivity index (χ0) is 17.6. The van der Waals surface area contributed by atoms with Crippen LogP contribution in [0, 0.1) is 5.82 Å². The van der Waals surface area contributed by atoms with E-state index in [9.17, 15) is 4.39 Å². The minimum atomic E-state index is -0.306. The van der Waals surface area contributed by atoms with E-state index < -0.39 is 0 Å². The first kappa shape index (κ1) is 16.4. The summed E-state index contributed by atoms with van der Waals surface area (Å²) in [5.41, 5.74) is 11.8. The van der Waals surface area contributed by atoms with Gasteiger partial charge in [0, 0.05) is 11.1 Å². The molecular formula is C19H17FN4O. The summed E-state index contributed by atoms with van der Waals surface area (Å²) in [5, 5.41) is 9.46. The molecule has 25 heavy (non-hydrogen) atoms. The Morgan fingerprint density at radius 2 is 1.76 bits per heavy atom. The highest BCUT2D eigenvalue weighted by molar-refractivity contribution is 6.02. The van der Waals surface area contributed by atoms with Gasteiger partial charge in [-0.25, -0.2) is 4.39 Å². The van der Waals surface area contributed by atoms with E-state index in [-0.39, 0.29) is 18.4 Å². The van der Waals surface area contributed by atoms with Crippen molar-refractivity contribution in [3.8, 4) is 5.75 Å². The molecule has 6 heteroatoms. The molecule has 3 rings (SSSR count). The highest BCUT2D eigenvalue weighted by atomic mass is 19.1. The van der Waals surface area contributed by atoms with Gasteiger partial charge in [0.15, 0.2) is 0 Å². The van der Waals surface area contributed by atoms with E-state index in [1.165, 1.54) is 12.3 Å². The van der Waals surface area contributed by atoms with Crippen LogP contribution in [0.2, 0.25) is 0 Å². The summed E-state index contributed by atoms with van der Waals surface area (Å²) < 4.78 is 19.6. The minimum Gasteiger partial charge on any atom is -0.488 e. The van der Waals surface area contributed by atoms with Crippen LogP contribution in [0.15, 0.2) is 70.9 Å². The lowest BCUT2D eigenvalue weighted by Gasteiger charge is -2.12. The number of ether oxygens (including phenoxy) is 1. The van der Waals surface area contributed by atoms with Crippen LogP contribution in [0.5, 0.6) is 5.75 Å². The molecule has 0 aliphatic rings. The number of nitrogens with zero attached hydrogens (tertiary/aromatic N) is 2. The second-order valence-electron chi connectivity index (χ2n) is 5.35. The zero-order valence-electron chi connectivity index (χ0n) is 13.4. The van der Waals surface area contributed by atoms with Crippen molar-refractivity contribution < 1.29 is 9.13 Å².